The number of nitrogens with one attached hydrogen (secondary N) is 1. The minimum absolute atomic E-state index is 0.124. The zero-order chi connectivity index (χ0) is 13.0. The van der Waals surface area contributed by atoms with E-state index >= 15 is 0 Å². The molecule has 18 heavy (non-hydrogen) atoms. The highest BCUT2D eigenvalue weighted by Crippen LogP contribution is 2.15. The lowest BCUT2D eigenvalue weighted by Crippen LogP contribution is -2.38. The van der Waals surface area contributed by atoms with E-state index in [9.17, 15) is 0 Å². The molecule has 3 N–H and O–H groups in total. The van der Waals surface area contributed by atoms with E-state index in [4.69, 9.17) is 15.9 Å². The SMILES string of the molecule is COC1CCCN(Cc2ccc(C(=N)N)cc2)C1. The third-order valence-electron chi connectivity index (χ3n) is 3.47. The maximum Gasteiger partial charge on any atom is 0.122 e. The molecule has 4 nitrogen and oxygen atoms in total. The Labute approximate surface area is 108 Å². The second-order valence-corrected chi connectivity index (χ2v) is 4.85. The van der Waals surface area contributed by atoms with Gasteiger partial charge in [0.15, 0.2) is 0 Å². The summed E-state index contributed by atoms with van der Waals surface area (Å²) in [5, 5.41) is 7.36. The molecule has 1 aromatic carbocycles. The molecule has 1 heterocycles. The second-order valence-electron chi connectivity index (χ2n) is 4.85. The number of methoxy groups -OCH3 is 1. The third-order valence-corrected chi connectivity index (χ3v) is 3.47. The zero-order valence-electron chi connectivity index (χ0n) is 10.9. The molecule has 0 aromatic heterocycles. The fourth-order valence-electron chi connectivity index (χ4n) is 2.40. The average molecular weight is 247 g/mol. The van der Waals surface area contributed by atoms with Crippen molar-refractivity contribution in [3.05, 3.63) is 35.4 Å². The summed E-state index contributed by atoms with van der Waals surface area (Å²) >= 11 is 0. The van der Waals surface area contributed by atoms with Crippen LogP contribution in [0, 0.1) is 5.41 Å². The molecule has 4 heteroatoms. The van der Waals surface area contributed by atoms with Gasteiger partial charge in [0.05, 0.1) is 6.10 Å². The van der Waals surface area contributed by atoms with Gasteiger partial charge in [-0.1, -0.05) is 24.3 Å². The largest absolute Gasteiger partial charge is 0.384 e. The summed E-state index contributed by atoms with van der Waals surface area (Å²) in [7, 11) is 1.79. The van der Waals surface area contributed by atoms with Crippen molar-refractivity contribution in [3.63, 3.8) is 0 Å². The number of hydrogen-bond donors (Lipinski definition) is 2. The number of amidine groups is 1. The number of benzene rings is 1. The first kappa shape index (κ1) is 13.1. The Hall–Kier alpha value is -1.39. The van der Waals surface area contributed by atoms with Gasteiger partial charge in [-0.15, -0.1) is 0 Å². The molecule has 0 aliphatic carbocycles. The first-order valence-electron chi connectivity index (χ1n) is 6.37. The highest BCUT2D eigenvalue weighted by atomic mass is 16.5. The second kappa shape index (κ2) is 5.98. The molecule has 1 aliphatic heterocycles. The van der Waals surface area contributed by atoms with Crippen molar-refractivity contribution in [3.8, 4) is 0 Å². The fraction of sp³-hybridized carbons (Fsp3) is 0.500. The van der Waals surface area contributed by atoms with Crippen LogP contribution in [0.3, 0.4) is 0 Å². The fourth-order valence-corrected chi connectivity index (χ4v) is 2.40. The van der Waals surface area contributed by atoms with E-state index in [0.717, 1.165) is 31.6 Å². The predicted octanol–water partition coefficient (Wildman–Crippen LogP) is 1.58. The van der Waals surface area contributed by atoms with Crippen molar-refractivity contribution in [1.29, 1.82) is 5.41 Å². The molecule has 1 aliphatic rings. The van der Waals surface area contributed by atoms with Crippen molar-refractivity contribution < 1.29 is 4.74 Å². The number of piperidine rings is 1. The summed E-state index contributed by atoms with van der Waals surface area (Å²) in [5.74, 6) is 0.124. The quantitative estimate of drug-likeness (QED) is 0.627. The smallest absolute Gasteiger partial charge is 0.122 e. The number of ether oxygens (including phenoxy) is 1. The molecule has 0 saturated carbocycles. The first-order chi connectivity index (χ1) is 8.69. The molecule has 1 atom stereocenters. The molecule has 0 bridgehead atoms. The van der Waals surface area contributed by atoms with Gasteiger partial charge in [0.1, 0.15) is 5.84 Å². The Bertz CT molecular complexity index is 402. The van der Waals surface area contributed by atoms with Crippen molar-refractivity contribution in [2.75, 3.05) is 20.2 Å². The standard InChI is InChI=1S/C14H21N3O/c1-18-13-3-2-8-17(10-13)9-11-4-6-12(7-5-11)14(15)16/h4-7,13H,2-3,8-10H2,1H3,(H3,15,16). The Morgan fingerprint density at radius 2 is 2.17 bits per heavy atom. The molecular weight excluding hydrogens is 226 g/mol. The lowest BCUT2D eigenvalue weighted by atomic mass is 10.1. The summed E-state index contributed by atoms with van der Waals surface area (Å²) in [5.41, 5.74) is 7.49. The Balaban J connectivity index is 1.94. The van der Waals surface area contributed by atoms with E-state index < -0.39 is 0 Å². The van der Waals surface area contributed by atoms with Gasteiger partial charge in [-0.3, -0.25) is 10.3 Å². The van der Waals surface area contributed by atoms with Crippen LogP contribution in [0.15, 0.2) is 24.3 Å². The van der Waals surface area contributed by atoms with E-state index in [1.807, 2.05) is 24.3 Å². The van der Waals surface area contributed by atoms with Gasteiger partial charge < -0.3 is 10.5 Å². The monoisotopic (exact) mass is 247 g/mol. The molecule has 1 unspecified atom stereocenters. The molecule has 1 aromatic rings. The Morgan fingerprint density at radius 1 is 1.44 bits per heavy atom. The summed E-state index contributed by atoms with van der Waals surface area (Å²) in [6.07, 6.45) is 2.73. The van der Waals surface area contributed by atoms with Gasteiger partial charge in [0.2, 0.25) is 0 Å². The van der Waals surface area contributed by atoms with E-state index in [0.29, 0.717) is 6.10 Å². The molecule has 1 saturated heterocycles. The van der Waals surface area contributed by atoms with E-state index in [1.165, 1.54) is 12.0 Å². The zero-order valence-corrected chi connectivity index (χ0v) is 10.9. The van der Waals surface area contributed by atoms with Crippen LogP contribution >= 0.6 is 0 Å². The lowest BCUT2D eigenvalue weighted by molar-refractivity contribution is 0.0285. The molecular formula is C14H21N3O. The van der Waals surface area contributed by atoms with Gasteiger partial charge in [0, 0.05) is 25.8 Å². The number of likely N-dealkylation sites (tertiary alicyclic amines) is 1. The van der Waals surface area contributed by atoms with E-state index in [2.05, 4.69) is 4.90 Å². The summed E-state index contributed by atoms with van der Waals surface area (Å²) in [6, 6.07) is 7.92. The molecule has 0 spiro atoms. The van der Waals surface area contributed by atoms with Crippen LogP contribution in [-0.4, -0.2) is 37.0 Å². The number of hydrogen-bond acceptors (Lipinski definition) is 3. The van der Waals surface area contributed by atoms with E-state index in [1.54, 1.807) is 7.11 Å². The van der Waals surface area contributed by atoms with Crippen LogP contribution in [0.1, 0.15) is 24.0 Å². The van der Waals surface area contributed by atoms with Crippen molar-refractivity contribution in [2.24, 2.45) is 5.73 Å². The predicted molar refractivity (Wildman–Crippen MR) is 72.8 cm³/mol. The van der Waals surface area contributed by atoms with Crippen LogP contribution in [0.2, 0.25) is 0 Å². The van der Waals surface area contributed by atoms with Crippen LogP contribution in [0.5, 0.6) is 0 Å². The Morgan fingerprint density at radius 3 is 2.78 bits per heavy atom. The van der Waals surface area contributed by atoms with Gasteiger partial charge in [-0.25, -0.2) is 0 Å². The minimum atomic E-state index is 0.124. The first-order valence-corrected chi connectivity index (χ1v) is 6.37. The molecule has 1 fully saturated rings. The molecule has 0 amide bonds. The number of nitrogen functional groups attached to an aromatic ring is 1. The van der Waals surface area contributed by atoms with Crippen LogP contribution in [0.25, 0.3) is 0 Å². The lowest BCUT2D eigenvalue weighted by Gasteiger charge is -2.31. The van der Waals surface area contributed by atoms with Gasteiger partial charge in [-0.05, 0) is 24.9 Å². The molecule has 98 valence electrons. The maximum absolute atomic E-state index is 7.36. The van der Waals surface area contributed by atoms with Gasteiger partial charge >= 0.3 is 0 Å². The normalized spacial score (nSPS) is 20.8. The molecule has 0 radical (unpaired) electrons. The van der Waals surface area contributed by atoms with Crippen LogP contribution in [0.4, 0.5) is 0 Å². The molecule has 2 rings (SSSR count). The average Bonchev–Trinajstić information content (AvgIpc) is 2.39. The number of nitrogens with two attached hydrogens (primary N) is 1. The summed E-state index contributed by atoms with van der Waals surface area (Å²) in [4.78, 5) is 2.42. The van der Waals surface area contributed by atoms with Crippen LogP contribution < -0.4 is 5.73 Å². The van der Waals surface area contributed by atoms with Crippen LogP contribution in [-0.2, 0) is 11.3 Å². The van der Waals surface area contributed by atoms with Crippen molar-refractivity contribution >= 4 is 5.84 Å². The van der Waals surface area contributed by atoms with Crippen molar-refractivity contribution in [2.45, 2.75) is 25.5 Å². The topological polar surface area (TPSA) is 62.3 Å². The number of rotatable bonds is 4. The highest BCUT2D eigenvalue weighted by Gasteiger charge is 2.19. The maximum atomic E-state index is 7.36. The summed E-state index contributed by atoms with van der Waals surface area (Å²) < 4.78 is 5.42. The Kier molecular flexibility index (Phi) is 4.33. The van der Waals surface area contributed by atoms with Gasteiger partial charge in [0.25, 0.3) is 0 Å². The summed E-state index contributed by atoms with van der Waals surface area (Å²) in [6.45, 7) is 3.08. The minimum Gasteiger partial charge on any atom is -0.384 e. The van der Waals surface area contributed by atoms with E-state index in [-0.39, 0.29) is 5.84 Å². The third kappa shape index (κ3) is 3.31. The highest BCUT2D eigenvalue weighted by molar-refractivity contribution is 5.94. The van der Waals surface area contributed by atoms with Gasteiger partial charge in [-0.2, -0.15) is 0 Å². The number of nitrogens with zero attached hydrogens (tertiary/aromatic N) is 1. The van der Waals surface area contributed by atoms with Crippen molar-refractivity contribution in [1.82, 2.24) is 4.90 Å².